The highest BCUT2D eigenvalue weighted by Crippen LogP contribution is 2.12. The second-order valence-corrected chi connectivity index (χ2v) is 6.94. The van der Waals surface area contributed by atoms with Gasteiger partial charge in [-0.1, -0.05) is 0 Å². The molecule has 0 atom stereocenters. The minimum atomic E-state index is -3.47. The minimum Gasteiger partial charge on any atom is -0.363 e. The molecule has 1 heterocycles. The number of nitrogens with one attached hydrogen (secondary N) is 1. The van der Waals surface area contributed by atoms with Gasteiger partial charge < -0.3 is 10.2 Å². The summed E-state index contributed by atoms with van der Waals surface area (Å²) in [4.78, 5) is 10.2. The zero-order valence-electron chi connectivity index (χ0n) is 12.3. The van der Waals surface area contributed by atoms with Crippen LogP contribution in [0.4, 0.5) is 16.2 Å². The first kappa shape index (κ1) is 16.2. The van der Waals surface area contributed by atoms with E-state index in [0.717, 1.165) is 18.0 Å². The number of anilines is 2. The molecule has 22 heavy (non-hydrogen) atoms. The fraction of sp³-hybridized carbons (Fsp3) is 0.286. The molecule has 0 fully saturated rings. The van der Waals surface area contributed by atoms with E-state index in [-0.39, 0.29) is 17.2 Å². The molecule has 0 unspecified atom stereocenters. The van der Waals surface area contributed by atoms with Crippen molar-refractivity contribution >= 4 is 21.6 Å². The molecule has 0 aliphatic carbocycles. The molecule has 0 bridgehead atoms. The standard InChI is InChI=1S/C14H17FN4O2S/c1-19(2)13-7-8-16-14(18-13)17-9-10-22(20,21)12-5-3-11(15)4-6-12/h3-8H,9-10H2,1-2H3,(H,16,17,18). The van der Waals surface area contributed by atoms with Crippen molar-refractivity contribution in [2.24, 2.45) is 0 Å². The molecule has 0 radical (unpaired) electrons. The summed E-state index contributed by atoms with van der Waals surface area (Å²) in [6.45, 7) is 0.163. The van der Waals surface area contributed by atoms with Gasteiger partial charge in [-0.05, 0) is 30.3 Å². The summed E-state index contributed by atoms with van der Waals surface area (Å²) >= 11 is 0. The van der Waals surface area contributed by atoms with Crippen molar-refractivity contribution in [2.75, 3.05) is 36.6 Å². The molecule has 0 spiro atoms. The molecule has 0 saturated carbocycles. The van der Waals surface area contributed by atoms with E-state index in [4.69, 9.17) is 0 Å². The maximum Gasteiger partial charge on any atom is 0.224 e. The lowest BCUT2D eigenvalue weighted by molar-refractivity contribution is 0.595. The number of sulfone groups is 1. The van der Waals surface area contributed by atoms with E-state index in [1.165, 1.54) is 12.1 Å². The minimum absolute atomic E-state index is 0.0960. The van der Waals surface area contributed by atoms with Gasteiger partial charge in [0, 0.05) is 26.8 Å². The maximum atomic E-state index is 12.8. The number of rotatable bonds is 6. The van der Waals surface area contributed by atoms with Crippen molar-refractivity contribution in [3.8, 4) is 0 Å². The van der Waals surface area contributed by atoms with Crippen LogP contribution >= 0.6 is 0 Å². The van der Waals surface area contributed by atoms with Gasteiger partial charge in [0.1, 0.15) is 11.6 Å². The summed E-state index contributed by atoms with van der Waals surface area (Å²) in [6, 6.07) is 6.52. The van der Waals surface area contributed by atoms with Crippen LogP contribution in [0.5, 0.6) is 0 Å². The Kier molecular flexibility index (Phi) is 4.92. The highest BCUT2D eigenvalue weighted by atomic mass is 32.2. The molecule has 0 saturated heterocycles. The lowest BCUT2D eigenvalue weighted by atomic mass is 10.4. The third kappa shape index (κ3) is 4.14. The summed E-state index contributed by atoms with van der Waals surface area (Å²) in [5, 5.41) is 2.88. The van der Waals surface area contributed by atoms with Gasteiger partial charge in [-0.2, -0.15) is 4.98 Å². The van der Waals surface area contributed by atoms with E-state index >= 15 is 0 Å². The summed E-state index contributed by atoms with van der Waals surface area (Å²) in [6.07, 6.45) is 1.60. The van der Waals surface area contributed by atoms with Crippen molar-refractivity contribution in [1.82, 2.24) is 9.97 Å². The van der Waals surface area contributed by atoms with Gasteiger partial charge in [0.2, 0.25) is 5.95 Å². The zero-order chi connectivity index (χ0) is 16.2. The molecule has 0 aliphatic rings. The Bertz CT molecular complexity index is 733. The molecular weight excluding hydrogens is 307 g/mol. The fourth-order valence-corrected chi connectivity index (χ4v) is 2.90. The molecule has 1 aromatic heterocycles. The van der Waals surface area contributed by atoms with Crippen molar-refractivity contribution in [3.63, 3.8) is 0 Å². The number of aromatic nitrogens is 2. The van der Waals surface area contributed by atoms with Crippen LogP contribution in [0.15, 0.2) is 41.4 Å². The largest absolute Gasteiger partial charge is 0.363 e. The van der Waals surface area contributed by atoms with Crippen LogP contribution in [0.25, 0.3) is 0 Å². The van der Waals surface area contributed by atoms with E-state index in [2.05, 4.69) is 15.3 Å². The van der Waals surface area contributed by atoms with Gasteiger partial charge in [-0.3, -0.25) is 0 Å². The second-order valence-electron chi connectivity index (χ2n) is 4.83. The van der Waals surface area contributed by atoms with E-state index in [0.29, 0.717) is 5.95 Å². The van der Waals surface area contributed by atoms with Crippen molar-refractivity contribution < 1.29 is 12.8 Å². The van der Waals surface area contributed by atoms with E-state index < -0.39 is 15.7 Å². The van der Waals surface area contributed by atoms with Crippen LogP contribution in [0.3, 0.4) is 0 Å². The highest BCUT2D eigenvalue weighted by molar-refractivity contribution is 7.91. The summed E-state index contributed by atoms with van der Waals surface area (Å²) in [5.41, 5.74) is 0. The summed E-state index contributed by atoms with van der Waals surface area (Å²) in [7, 11) is 0.236. The van der Waals surface area contributed by atoms with Gasteiger partial charge in [-0.15, -0.1) is 0 Å². The van der Waals surface area contributed by atoms with Gasteiger partial charge in [-0.25, -0.2) is 17.8 Å². The Balaban J connectivity index is 1.98. The summed E-state index contributed by atoms with van der Waals surface area (Å²) < 4.78 is 37.0. The topological polar surface area (TPSA) is 75.2 Å². The predicted octanol–water partition coefficient (Wildman–Crippen LogP) is 1.57. The molecule has 2 rings (SSSR count). The fourth-order valence-electron chi connectivity index (χ4n) is 1.74. The molecular formula is C14H17FN4O2S. The van der Waals surface area contributed by atoms with E-state index in [9.17, 15) is 12.8 Å². The van der Waals surface area contributed by atoms with Crippen LogP contribution in [-0.4, -0.2) is 44.8 Å². The lowest BCUT2D eigenvalue weighted by Gasteiger charge is -2.12. The summed E-state index contributed by atoms with van der Waals surface area (Å²) in [5.74, 6) is 0.485. The predicted molar refractivity (Wildman–Crippen MR) is 83.3 cm³/mol. The number of benzene rings is 1. The molecule has 8 heteroatoms. The molecule has 0 aliphatic heterocycles. The third-order valence-electron chi connectivity index (χ3n) is 2.93. The Morgan fingerprint density at radius 1 is 1.18 bits per heavy atom. The average Bonchev–Trinajstić information content (AvgIpc) is 2.48. The Morgan fingerprint density at radius 3 is 2.50 bits per heavy atom. The first-order valence-electron chi connectivity index (χ1n) is 6.61. The van der Waals surface area contributed by atoms with Crippen LogP contribution < -0.4 is 10.2 Å². The first-order chi connectivity index (χ1) is 10.4. The molecule has 1 N–H and O–H groups in total. The average molecular weight is 324 g/mol. The zero-order valence-corrected chi connectivity index (χ0v) is 13.1. The number of halogens is 1. The van der Waals surface area contributed by atoms with Crippen molar-refractivity contribution in [2.45, 2.75) is 4.90 Å². The van der Waals surface area contributed by atoms with Crippen LogP contribution in [0.2, 0.25) is 0 Å². The van der Waals surface area contributed by atoms with Crippen LogP contribution in [0.1, 0.15) is 0 Å². The van der Waals surface area contributed by atoms with Crippen LogP contribution in [0, 0.1) is 5.82 Å². The Morgan fingerprint density at radius 2 is 1.86 bits per heavy atom. The number of hydrogen-bond donors (Lipinski definition) is 1. The van der Waals surface area contributed by atoms with Crippen molar-refractivity contribution in [1.29, 1.82) is 0 Å². The van der Waals surface area contributed by atoms with Gasteiger partial charge in [0.25, 0.3) is 0 Å². The van der Waals surface area contributed by atoms with Crippen LogP contribution in [-0.2, 0) is 9.84 Å². The first-order valence-corrected chi connectivity index (χ1v) is 8.26. The van der Waals surface area contributed by atoms with E-state index in [1.807, 2.05) is 19.0 Å². The highest BCUT2D eigenvalue weighted by Gasteiger charge is 2.14. The van der Waals surface area contributed by atoms with Gasteiger partial charge in [0.05, 0.1) is 10.6 Å². The molecule has 2 aromatic rings. The van der Waals surface area contributed by atoms with Gasteiger partial charge in [0.15, 0.2) is 9.84 Å². The Hall–Kier alpha value is -2.22. The van der Waals surface area contributed by atoms with E-state index in [1.54, 1.807) is 12.3 Å². The molecule has 118 valence electrons. The quantitative estimate of drug-likeness (QED) is 0.813. The SMILES string of the molecule is CN(C)c1ccnc(NCCS(=O)(=O)c2ccc(F)cc2)n1. The maximum absolute atomic E-state index is 12.8. The third-order valence-corrected chi connectivity index (χ3v) is 4.66. The Labute approximate surface area is 128 Å². The van der Waals surface area contributed by atoms with Gasteiger partial charge >= 0.3 is 0 Å². The lowest BCUT2D eigenvalue weighted by Crippen LogP contribution is -2.18. The monoisotopic (exact) mass is 324 g/mol. The second kappa shape index (κ2) is 6.69. The molecule has 1 aromatic carbocycles. The number of nitrogens with zero attached hydrogens (tertiary/aromatic N) is 3. The molecule has 0 amide bonds. The smallest absolute Gasteiger partial charge is 0.224 e. The van der Waals surface area contributed by atoms with Crippen molar-refractivity contribution in [3.05, 3.63) is 42.3 Å². The number of hydrogen-bond acceptors (Lipinski definition) is 6. The molecule has 6 nitrogen and oxygen atoms in total. The normalized spacial score (nSPS) is 11.2.